The molecule has 0 N–H and O–H groups in total. The summed E-state index contributed by atoms with van der Waals surface area (Å²) in [5.74, 6) is 0.847. The van der Waals surface area contributed by atoms with Crippen LogP contribution in [0, 0.1) is 3.70 Å². The van der Waals surface area contributed by atoms with Crippen LogP contribution in [0.2, 0.25) is 0 Å². The van der Waals surface area contributed by atoms with Crippen molar-refractivity contribution in [3.8, 4) is 5.75 Å². The first-order valence-corrected chi connectivity index (χ1v) is 4.76. The SMILES string of the molecule is C=CCCOc1cccnc1I. The third kappa shape index (κ3) is 2.81. The number of nitrogens with zero attached hydrogens (tertiary/aromatic N) is 1. The maximum atomic E-state index is 5.44. The van der Waals surface area contributed by atoms with Crippen LogP contribution in [0.3, 0.4) is 0 Å². The predicted molar refractivity (Wildman–Crippen MR) is 57.3 cm³/mol. The quantitative estimate of drug-likeness (QED) is 0.365. The van der Waals surface area contributed by atoms with Gasteiger partial charge in [-0.25, -0.2) is 4.98 Å². The molecule has 0 saturated carbocycles. The predicted octanol–water partition coefficient (Wildman–Crippen LogP) is 2.64. The minimum Gasteiger partial charge on any atom is -0.491 e. The van der Waals surface area contributed by atoms with Gasteiger partial charge in [0, 0.05) is 6.20 Å². The van der Waals surface area contributed by atoms with E-state index in [0.717, 1.165) is 15.9 Å². The third-order valence-corrected chi connectivity index (χ3v) is 2.11. The smallest absolute Gasteiger partial charge is 0.151 e. The van der Waals surface area contributed by atoms with Crippen LogP contribution in [0.4, 0.5) is 0 Å². The Labute approximate surface area is 85.8 Å². The number of pyridine rings is 1. The highest BCUT2D eigenvalue weighted by atomic mass is 127. The Balaban J connectivity index is 2.51. The molecule has 0 aromatic carbocycles. The van der Waals surface area contributed by atoms with Crippen LogP contribution < -0.4 is 4.74 Å². The molecule has 2 nitrogen and oxygen atoms in total. The summed E-state index contributed by atoms with van der Waals surface area (Å²) in [6.45, 7) is 4.29. The Morgan fingerprint density at radius 1 is 1.67 bits per heavy atom. The van der Waals surface area contributed by atoms with Gasteiger partial charge in [-0.15, -0.1) is 6.58 Å². The molecule has 0 radical (unpaired) electrons. The monoisotopic (exact) mass is 275 g/mol. The lowest BCUT2D eigenvalue weighted by Gasteiger charge is -2.04. The van der Waals surface area contributed by atoms with Crippen LogP contribution in [0.1, 0.15) is 6.42 Å². The van der Waals surface area contributed by atoms with Gasteiger partial charge in [0.1, 0.15) is 3.70 Å². The van der Waals surface area contributed by atoms with Crippen molar-refractivity contribution in [3.63, 3.8) is 0 Å². The molecule has 1 aromatic heterocycles. The molecule has 0 unspecified atom stereocenters. The van der Waals surface area contributed by atoms with Crippen molar-refractivity contribution >= 4 is 22.6 Å². The standard InChI is InChI=1S/C9H10INO/c1-2-3-7-12-8-5-4-6-11-9(8)10/h2,4-6H,1,3,7H2. The molecule has 0 saturated heterocycles. The highest BCUT2D eigenvalue weighted by Crippen LogP contribution is 2.16. The van der Waals surface area contributed by atoms with Gasteiger partial charge in [-0.3, -0.25) is 0 Å². The molecule has 1 rings (SSSR count). The molecule has 64 valence electrons. The summed E-state index contributed by atoms with van der Waals surface area (Å²) in [6.07, 6.45) is 4.45. The number of rotatable bonds is 4. The van der Waals surface area contributed by atoms with Gasteiger partial charge in [0.2, 0.25) is 0 Å². The summed E-state index contributed by atoms with van der Waals surface area (Å²) >= 11 is 2.15. The van der Waals surface area contributed by atoms with Gasteiger partial charge in [0.15, 0.2) is 5.75 Å². The van der Waals surface area contributed by atoms with E-state index in [1.807, 2.05) is 18.2 Å². The Morgan fingerprint density at radius 2 is 2.50 bits per heavy atom. The average Bonchev–Trinajstić information content (AvgIpc) is 2.09. The van der Waals surface area contributed by atoms with E-state index in [1.165, 1.54) is 0 Å². The molecule has 0 bridgehead atoms. The molecule has 1 heterocycles. The van der Waals surface area contributed by atoms with E-state index in [0.29, 0.717) is 6.61 Å². The Bertz CT molecular complexity index is 262. The van der Waals surface area contributed by atoms with E-state index in [9.17, 15) is 0 Å². The summed E-state index contributed by atoms with van der Waals surface area (Å²) in [5, 5.41) is 0. The number of ether oxygens (including phenoxy) is 1. The Morgan fingerprint density at radius 3 is 3.17 bits per heavy atom. The molecular formula is C9H10INO. The first-order chi connectivity index (χ1) is 5.84. The van der Waals surface area contributed by atoms with Crippen molar-refractivity contribution in [3.05, 3.63) is 34.7 Å². The van der Waals surface area contributed by atoms with Crippen molar-refractivity contribution in [2.24, 2.45) is 0 Å². The second-order valence-corrected chi connectivity index (χ2v) is 3.24. The number of aromatic nitrogens is 1. The summed E-state index contributed by atoms with van der Waals surface area (Å²) in [7, 11) is 0. The molecule has 12 heavy (non-hydrogen) atoms. The number of halogens is 1. The minimum atomic E-state index is 0.672. The van der Waals surface area contributed by atoms with E-state index in [4.69, 9.17) is 4.74 Å². The second kappa shape index (κ2) is 5.13. The van der Waals surface area contributed by atoms with Crippen molar-refractivity contribution < 1.29 is 4.74 Å². The lowest BCUT2D eigenvalue weighted by Crippen LogP contribution is -1.97. The first-order valence-electron chi connectivity index (χ1n) is 3.69. The first kappa shape index (κ1) is 9.51. The van der Waals surface area contributed by atoms with E-state index < -0.39 is 0 Å². The zero-order valence-electron chi connectivity index (χ0n) is 6.66. The fraction of sp³-hybridized carbons (Fsp3) is 0.222. The summed E-state index contributed by atoms with van der Waals surface area (Å²) in [4.78, 5) is 4.09. The topological polar surface area (TPSA) is 22.1 Å². The van der Waals surface area contributed by atoms with E-state index in [1.54, 1.807) is 6.20 Å². The van der Waals surface area contributed by atoms with Crippen molar-refractivity contribution in [1.29, 1.82) is 0 Å². The van der Waals surface area contributed by atoms with Crippen LogP contribution >= 0.6 is 22.6 Å². The molecule has 3 heteroatoms. The van der Waals surface area contributed by atoms with Gasteiger partial charge in [-0.05, 0) is 41.1 Å². The normalized spacial score (nSPS) is 9.42. The van der Waals surface area contributed by atoms with Gasteiger partial charge in [-0.1, -0.05) is 6.08 Å². The lowest BCUT2D eigenvalue weighted by atomic mass is 10.4. The summed E-state index contributed by atoms with van der Waals surface area (Å²) in [5.41, 5.74) is 0. The summed E-state index contributed by atoms with van der Waals surface area (Å²) < 4.78 is 6.34. The molecule has 0 aliphatic rings. The van der Waals surface area contributed by atoms with Gasteiger partial charge in [-0.2, -0.15) is 0 Å². The zero-order valence-corrected chi connectivity index (χ0v) is 8.82. The van der Waals surface area contributed by atoms with Crippen molar-refractivity contribution in [2.45, 2.75) is 6.42 Å². The molecule has 0 aliphatic carbocycles. The summed E-state index contributed by atoms with van der Waals surface area (Å²) in [6, 6.07) is 3.78. The lowest BCUT2D eigenvalue weighted by molar-refractivity contribution is 0.321. The van der Waals surface area contributed by atoms with Crippen molar-refractivity contribution in [2.75, 3.05) is 6.61 Å². The van der Waals surface area contributed by atoms with Crippen LogP contribution in [-0.2, 0) is 0 Å². The molecule has 1 aromatic rings. The molecule has 0 spiro atoms. The minimum absolute atomic E-state index is 0.672. The fourth-order valence-corrected chi connectivity index (χ4v) is 1.23. The largest absolute Gasteiger partial charge is 0.491 e. The van der Waals surface area contributed by atoms with Crippen molar-refractivity contribution in [1.82, 2.24) is 4.98 Å². The highest BCUT2D eigenvalue weighted by molar-refractivity contribution is 14.1. The Kier molecular flexibility index (Phi) is 4.07. The van der Waals surface area contributed by atoms with Crippen LogP contribution in [-0.4, -0.2) is 11.6 Å². The number of hydrogen-bond donors (Lipinski definition) is 0. The van der Waals surface area contributed by atoms with E-state index in [-0.39, 0.29) is 0 Å². The van der Waals surface area contributed by atoms with Gasteiger partial charge in [0.05, 0.1) is 6.61 Å². The van der Waals surface area contributed by atoms with Crippen LogP contribution in [0.5, 0.6) is 5.75 Å². The van der Waals surface area contributed by atoms with Crippen LogP contribution in [0.25, 0.3) is 0 Å². The van der Waals surface area contributed by atoms with E-state index >= 15 is 0 Å². The van der Waals surface area contributed by atoms with Gasteiger partial charge < -0.3 is 4.74 Å². The molecule has 0 fully saturated rings. The maximum absolute atomic E-state index is 5.44. The third-order valence-electron chi connectivity index (χ3n) is 1.30. The molecule has 0 atom stereocenters. The zero-order chi connectivity index (χ0) is 8.81. The van der Waals surface area contributed by atoms with Crippen LogP contribution in [0.15, 0.2) is 31.0 Å². The second-order valence-electron chi connectivity index (χ2n) is 2.22. The molecule has 0 aliphatic heterocycles. The van der Waals surface area contributed by atoms with E-state index in [2.05, 4.69) is 34.2 Å². The average molecular weight is 275 g/mol. The Hall–Kier alpha value is -0.580. The van der Waals surface area contributed by atoms with Gasteiger partial charge >= 0.3 is 0 Å². The maximum Gasteiger partial charge on any atom is 0.151 e. The molecule has 0 amide bonds. The number of hydrogen-bond acceptors (Lipinski definition) is 2. The highest BCUT2D eigenvalue weighted by Gasteiger charge is 1.98. The fourth-order valence-electron chi connectivity index (χ4n) is 0.731. The van der Waals surface area contributed by atoms with Gasteiger partial charge in [0.25, 0.3) is 0 Å². The molecular weight excluding hydrogens is 265 g/mol.